The molecule has 0 saturated heterocycles. The zero-order chi connectivity index (χ0) is 15.4. The molecule has 0 unspecified atom stereocenters. The van der Waals surface area contributed by atoms with E-state index < -0.39 is 5.97 Å². The number of ether oxygens (including phenoxy) is 1. The van der Waals surface area contributed by atoms with Crippen LogP contribution in [-0.2, 0) is 11.2 Å². The van der Waals surface area contributed by atoms with E-state index in [4.69, 9.17) is 4.74 Å². The Bertz CT molecular complexity index is 647. The number of carbonyl (C=O) groups excluding carboxylic acids is 2. The van der Waals surface area contributed by atoms with Crippen LogP contribution in [0.3, 0.4) is 0 Å². The van der Waals surface area contributed by atoms with E-state index in [2.05, 4.69) is 15.3 Å². The molecule has 0 aromatic carbocycles. The van der Waals surface area contributed by atoms with Crippen molar-refractivity contribution in [2.45, 2.75) is 26.7 Å². The van der Waals surface area contributed by atoms with Crippen LogP contribution in [0.25, 0.3) is 0 Å². The number of anilines is 1. The topological polar surface area (TPSA) is 84.1 Å². The minimum atomic E-state index is -0.430. The zero-order valence-corrected chi connectivity index (χ0v) is 13.0. The Labute approximate surface area is 126 Å². The number of hydrogen-bond acceptors (Lipinski definition) is 5. The summed E-state index contributed by atoms with van der Waals surface area (Å²) in [5.41, 5.74) is 2.17. The molecule has 0 saturated carbocycles. The highest BCUT2D eigenvalue weighted by Crippen LogP contribution is 2.23. The predicted molar refractivity (Wildman–Crippen MR) is 80.9 cm³/mol. The minimum Gasteiger partial charge on any atom is -0.465 e. The van der Waals surface area contributed by atoms with Gasteiger partial charge in [0.1, 0.15) is 5.69 Å². The summed E-state index contributed by atoms with van der Waals surface area (Å²) in [7, 11) is 1.33. The number of aryl methyl sites for hydroxylation is 1. The fourth-order valence-electron chi connectivity index (χ4n) is 2.19. The third-order valence-corrected chi connectivity index (χ3v) is 3.75. The van der Waals surface area contributed by atoms with Gasteiger partial charge in [-0.25, -0.2) is 9.78 Å². The summed E-state index contributed by atoms with van der Waals surface area (Å²) in [6.45, 7) is 3.75. The second-order valence-corrected chi connectivity index (χ2v) is 5.41. The number of methoxy groups -OCH3 is 1. The molecule has 0 aliphatic carbocycles. The molecular formula is C14H17N3O3S. The van der Waals surface area contributed by atoms with Crippen LogP contribution in [0.15, 0.2) is 11.6 Å². The van der Waals surface area contributed by atoms with E-state index >= 15 is 0 Å². The van der Waals surface area contributed by atoms with Crippen LogP contribution in [-0.4, -0.2) is 29.0 Å². The first-order valence-corrected chi connectivity index (χ1v) is 7.47. The molecule has 0 aliphatic rings. The molecule has 0 fully saturated rings. The lowest BCUT2D eigenvalue weighted by Gasteiger charge is -2.05. The molecule has 7 heteroatoms. The number of H-pyrrole nitrogens is 1. The lowest BCUT2D eigenvalue weighted by atomic mass is 10.0. The smallest absolute Gasteiger partial charge is 0.339 e. The first-order valence-electron chi connectivity index (χ1n) is 6.59. The average molecular weight is 307 g/mol. The Morgan fingerprint density at radius 2 is 2.24 bits per heavy atom. The highest BCUT2D eigenvalue weighted by Gasteiger charge is 2.24. The third kappa shape index (κ3) is 3.13. The standard InChI is InChI=1S/C14H17N3O3S/c1-4-5-9-10(13(19)20-3)8(2)16-11(9)12(18)17-14-15-6-7-21-14/h6-7,16H,4-5H2,1-3H3,(H,15,17,18). The molecule has 0 radical (unpaired) electrons. The van der Waals surface area contributed by atoms with Gasteiger partial charge in [0, 0.05) is 17.3 Å². The Morgan fingerprint density at radius 3 is 2.81 bits per heavy atom. The quantitative estimate of drug-likeness (QED) is 0.832. The highest BCUT2D eigenvalue weighted by molar-refractivity contribution is 7.13. The third-order valence-electron chi connectivity index (χ3n) is 3.06. The number of carbonyl (C=O) groups is 2. The van der Waals surface area contributed by atoms with Gasteiger partial charge in [0.2, 0.25) is 0 Å². The van der Waals surface area contributed by atoms with Crippen molar-refractivity contribution in [2.75, 3.05) is 12.4 Å². The summed E-state index contributed by atoms with van der Waals surface area (Å²) >= 11 is 1.34. The zero-order valence-electron chi connectivity index (χ0n) is 12.1. The van der Waals surface area contributed by atoms with Crippen molar-refractivity contribution >= 4 is 28.3 Å². The molecule has 2 rings (SSSR count). The number of hydrogen-bond donors (Lipinski definition) is 2. The summed E-state index contributed by atoms with van der Waals surface area (Å²) in [6.07, 6.45) is 3.06. The summed E-state index contributed by atoms with van der Waals surface area (Å²) in [4.78, 5) is 31.3. The van der Waals surface area contributed by atoms with Crippen molar-refractivity contribution in [3.63, 3.8) is 0 Å². The molecule has 0 aliphatic heterocycles. The van der Waals surface area contributed by atoms with Gasteiger partial charge < -0.3 is 9.72 Å². The van der Waals surface area contributed by atoms with E-state index in [1.165, 1.54) is 18.4 Å². The van der Waals surface area contributed by atoms with Crippen LogP contribution < -0.4 is 5.32 Å². The Hall–Kier alpha value is -2.15. The molecule has 2 aromatic heterocycles. The first-order chi connectivity index (χ1) is 10.1. The van der Waals surface area contributed by atoms with Crippen molar-refractivity contribution < 1.29 is 14.3 Å². The van der Waals surface area contributed by atoms with Crippen LogP contribution in [0.1, 0.15) is 45.4 Å². The Morgan fingerprint density at radius 1 is 1.48 bits per heavy atom. The molecule has 0 bridgehead atoms. The van der Waals surface area contributed by atoms with E-state index in [-0.39, 0.29) is 5.91 Å². The maximum Gasteiger partial charge on any atom is 0.339 e. The fourth-order valence-corrected chi connectivity index (χ4v) is 2.72. The van der Waals surface area contributed by atoms with Crippen LogP contribution in [0.4, 0.5) is 5.13 Å². The highest BCUT2D eigenvalue weighted by atomic mass is 32.1. The monoisotopic (exact) mass is 307 g/mol. The molecule has 1 amide bonds. The van der Waals surface area contributed by atoms with Crippen molar-refractivity contribution in [3.05, 3.63) is 34.1 Å². The van der Waals surface area contributed by atoms with Crippen molar-refractivity contribution in [1.29, 1.82) is 0 Å². The number of amides is 1. The second-order valence-electron chi connectivity index (χ2n) is 4.51. The van der Waals surface area contributed by atoms with Crippen LogP contribution >= 0.6 is 11.3 Å². The normalized spacial score (nSPS) is 10.4. The number of esters is 1. The van der Waals surface area contributed by atoms with Crippen LogP contribution in [0.2, 0.25) is 0 Å². The minimum absolute atomic E-state index is 0.299. The summed E-state index contributed by atoms with van der Waals surface area (Å²) in [5.74, 6) is -0.729. The van der Waals surface area contributed by atoms with E-state index in [1.807, 2.05) is 6.92 Å². The molecule has 2 N–H and O–H groups in total. The number of thiazole rings is 1. The molecule has 21 heavy (non-hydrogen) atoms. The van der Waals surface area contributed by atoms with Crippen LogP contribution in [0, 0.1) is 6.92 Å². The largest absolute Gasteiger partial charge is 0.465 e. The van der Waals surface area contributed by atoms with Gasteiger partial charge in [-0.1, -0.05) is 13.3 Å². The van der Waals surface area contributed by atoms with Gasteiger partial charge in [0.25, 0.3) is 5.91 Å². The van der Waals surface area contributed by atoms with Crippen molar-refractivity contribution in [3.8, 4) is 0 Å². The number of nitrogens with zero attached hydrogens (tertiary/aromatic N) is 1. The molecular weight excluding hydrogens is 290 g/mol. The number of aromatic amines is 1. The number of nitrogens with one attached hydrogen (secondary N) is 2. The molecule has 0 spiro atoms. The average Bonchev–Trinajstić information content (AvgIpc) is 3.07. The Kier molecular flexibility index (Phi) is 4.74. The van der Waals surface area contributed by atoms with Crippen LogP contribution in [0.5, 0.6) is 0 Å². The number of aromatic nitrogens is 2. The fraction of sp³-hybridized carbons (Fsp3) is 0.357. The second kappa shape index (κ2) is 6.53. The van der Waals surface area contributed by atoms with E-state index in [9.17, 15) is 9.59 Å². The Balaban J connectivity index is 2.38. The van der Waals surface area contributed by atoms with Gasteiger partial charge >= 0.3 is 5.97 Å². The van der Waals surface area contributed by atoms with Crippen molar-refractivity contribution in [1.82, 2.24) is 9.97 Å². The number of rotatable bonds is 5. The van der Waals surface area contributed by atoms with E-state index in [1.54, 1.807) is 18.5 Å². The summed E-state index contributed by atoms with van der Waals surface area (Å²) in [5, 5.41) is 5.02. The first kappa shape index (κ1) is 15.2. The maximum absolute atomic E-state index is 12.4. The lowest BCUT2D eigenvalue weighted by Crippen LogP contribution is -2.15. The molecule has 6 nitrogen and oxygen atoms in total. The lowest BCUT2D eigenvalue weighted by molar-refractivity contribution is 0.0599. The molecule has 2 aromatic rings. The van der Waals surface area contributed by atoms with Gasteiger partial charge in [-0.15, -0.1) is 11.3 Å². The molecule has 0 atom stereocenters. The van der Waals surface area contributed by atoms with Gasteiger partial charge in [-0.2, -0.15) is 0 Å². The van der Waals surface area contributed by atoms with E-state index in [0.717, 1.165) is 6.42 Å². The predicted octanol–water partition coefficient (Wildman–Crippen LogP) is 2.77. The van der Waals surface area contributed by atoms with Gasteiger partial charge in [0.05, 0.1) is 12.7 Å². The molecule has 112 valence electrons. The summed E-state index contributed by atoms with van der Waals surface area (Å²) in [6, 6.07) is 0. The van der Waals surface area contributed by atoms with Gasteiger partial charge in [0.15, 0.2) is 5.13 Å². The van der Waals surface area contributed by atoms with Gasteiger partial charge in [-0.3, -0.25) is 10.1 Å². The maximum atomic E-state index is 12.4. The van der Waals surface area contributed by atoms with Crippen molar-refractivity contribution in [2.24, 2.45) is 0 Å². The SMILES string of the molecule is CCCc1c(C(=O)Nc2nccs2)[nH]c(C)c1C(=O)OC. The van der Waals surface area contributed by atoms with E-state index in [0.29, 0.717) is 34.1 Å². The van der Waals surface area contributed by atoms with Gasteiger partial charge in [-0.05, 0) is 18.9 Å². The molecule has 2 heterocycles. The summed E-state index contributed by atoms with van der Waals surface area (Å²) < 4.78 is 4.80.